The summed E-state index contributed by atoms with van der Waals surface area (Å²) in [5.41, 5.74) is 0.960. The minimum absolute atomic E-state index is 0.0345. The van der Waals surface area contributed by atoms with Gasteiger partial charge < -0.3 is 23.4 Å². The summed E-state index contributed by atoms with van der Waals surface area (Å²) in [6, 6.07) is 10.1. The molecular weight excluding hydrogens is 366 g/mol. The van der Waals surface area contributed by atoms with Gasteiger partial charge in [0.05, 0.1) is 19.8 Å². The van der Waals surface area contributed by atoms with Crippen LogP contribution >= 0.6 is 0 Å². The molecule has 0 bridgehead atoms. The molecule has 9 heteroatoms. The van der Waals surface area contributed by atoms with Gasteiger partial charge in [-0.25, -0.2) is 0 Å². The maximum atomic E-state index is 12.5. The SMILES string of the molecule is COc1ccc(-c2nnc(NC(=O)c3ccc4c(c3)OCCO4)o2)c(OC)c1. The average molecular weight is 383 g/mol. The van der Waals surface area contributed by atoms with Crippen LogP contribution in [0.5, 0.6) is 23.0 Å². The zero-order valence-corrected chi connectivity index (χ0v) is 15.2. The predicted octanol–water partition coefficient (Wildman–Crippen LogP) is 2.78. The Balaban J connectivity index is 1.53. The highest BCUT2D eigenvalue weighted by Crippen LogP contribution is 2.33. The van der Waals surface area contributed by atoms with Gasteiger partial charge in [-0.2, -0.15) is 0 Å². The van der Waals surface area contributed by atoms with Crippen molar-refractivity contribution in [3.63, 3.8) is 0 Å². The van der Waals surface area contributed by atoms with E-state index in [0.717, 1.165) is 0 Å². The molecule has 2 heterocycles. The summed E-state index contributed by atoms with van der Waals surface area (Å²) in [4.78, 5) is 12.5. The molecule has 144 valence electrons. The number of nitrogens with zero attached hydrogens (tertiary/aromatic N) is 2. The number of hydrogen-bond acceptors (Lipinski definition) is 8. The summed E-state index contributed by atoms with van der Waals surface area (Å²) in [5, 5.41) is 10.4. The molecule has 2 aromatic carbocycles. The van der Waals surface area contributed by atoms with E-state index in [1.165, 1.54) is 7.11 Å². The highest BCUT2D eigenvalue weighted by molar-refractivity contribution is 6.03. The Morgan fingerprint density at radius 1 is 1.00 bits per heavy atom. The van der Waals surface area contributed by atoms with E-state index in [2.05, 4.69) is 15.5 Å². The lowest BCUT2D eigenvalue weighted by Gasteiger charge is -2.18. The van der Waals surface area contributed by atoms with Gasteiger partial charge in [0, 0.05) is 11.6 Å². The fraction of sp³-hybridized carbons (Fsp3) is 0.211. The van der Waals surface area contributed by atoms with Gasteiger partial charge >= 0.3 is 6.01 Å². The normalized spacial score (nSPS) is 12.4. The van der Waals surface area contributed by atoms with Gasteiger partial charge in [-0.05, 0) is 30.3 Å². The molecule has 0 spiro atoms. The van der Waals surface area contributed by atoms with Crippen LogP contribution in [0.4, 0.5) is 6.01 Å². The first-order valence-corrected chi connectivity index (χ1v) is 8.45. The minimum Gasteiger partial charge on any atom is -0.497 e. The fourth-order valence-corrected chi connectivity index (χ4v) is 2.71. The standard InChI is InChI=1S/C19H17N3O6/c1-24-12-4-5-13(15(10-12)25-2)18-21-22-19(28-18)20-17(23)11-3-6-14-16(9-11)27-8-7-26-14/h3-6,9-10H,7-8H2,1-2H3,(H,20,22,23). The second kappa shape index (κ2) is 7.47. The molecule has 1 amide bonds. The maximum absolute atomic E-state index is 12.5. The van der Waals surface area contributed by atoms with Crippen molar-refractivity contribution in [3.8, 4) is 34.5 Å². The zero-order chi connectivity index (χ0) is 19.5. The number of aromatic nitrogens is 2. The van der Waals surface area contributed by atoms with Crippen molar-refractivity contribution >= 4 is 11.9 Å². The number of hydrogen-bond donors (Lipinski definition) is 1. The lowest BCUT2D eigenvalue weighted by atomic mass is 10.2. The number of ether oxygens (including phenoxy) is 4. The smallest absolute Gasteiger partial charge is 0.322 e. The van der Waals surface area contributed by atoms with E-state index in [9.17, 15) is 4.79 Å². The van der Waals surface area contributed by atoms with Gasteiger partial charge in [-0.3, -0.25) is 10.1 Å². The summed E-state index contributed by atoms with van der Waals surface area (Å²) < 4.78 is 27.0. The number of nitrogens with one attached hydrogen (secondary N) is 1. The van der Waals surface area contributed by atoms with Gasteiger partial charge in [0.1, 0.15) is 24.7 Å². The predicted molar refractivity (Wildman–Crippen MR) is 98.2 cm³/mol. The number of amides is 1. The van der Waals surface area contributed by atoms with Crippen molar-refractivity contribution < 1.29 is 28.2 Å². The molecule has 4 rings (SSSR count). The second-order valence-electron chi connectivity index (χ2n) is 5.79. The maximum Gasteiger partial charge on any atom is 0.322 e. The molecule has 3 aromatic rings. The largest absolute Gasteiger partial charge is 0.497 e. The van der Waals surface area contributed by atoms with Crippen molar-refractivity contribution in [1.29, 1.82) is 0 Å². The van der Waals surface area contributed by atoms with Gasteiger partial charge in [0.15, 0.2) is 11.5 Å². The number of rotatable bonds is 5. The molecular formula is C19H17N3O6. The summed E-state index contributed by atoms with van der Waals surface area (Å²) in [6.07, 6.45) is 0. The van der Waals surface area contributed by atoms with Crippen molar-refractivity contribution in [1.82, 2.24) is 10.2 Å². The van der Waals surface area contributed by atoms with Gasteiger partial charge in [0.2, 0.25) is 0 Å². The minimum atomic E-state index is -0.408. The van der Waals surface area contributed by atoms with Crippen molar-refractivity contribution in [2.24, 2.45) is 0 Å². The molecule has 0 aliphatic carbocycles. The Hall–Kier alpha value is -3.75. The van der Waals surface area contributed by atoms with Gasteiger partial charge in [-0.15, -0.1) is 5.10 Å². The third kappa shape index (κ3) is 3.41. The number of carbonyl (C=O) groups excluding carboxylic acids is 1. The van der Waals surface area contributed by atoms with E-state index in [0.29, 0.717) is 47.3 Å². The lowest BCUT2D eigenvalue weighted by Crippen LogP contribution is -2.17. The average Bonchev–Trinajstić information content (AvgIpc) is 3.21. The molecule has 0 atom stereocenters. The van der Waals surface area contributed by atoms with Crippen LogP contribution in [0, 0.1) is 0 Å². The first kappa shape index (κ1) is 17.7. The van der Waals surface area contributed by atoms with E-state index < -0.39 is 5.91 Å². The molecule has 0 saturated carbocycles. The molecule has 9 nitrogen and oxygen atoms in total. The fourth-order valence-electron chi connectivity index (χ4n) is 2.71. The first-order valence-electron chi connectivity index (χ1n) is 8.45. The van der Waals surface area contributed by atoms with Crippen LogP contribution in [0.1, 0.15) is 10.4 Å². The number of benzene rings is 2. The first-order chi connectivity index (χ1) is 13.7. The summed E-state index contributed by atoms with van der Waals surface area (Å²) in [7, 11) is 3.09. The molecule has 28 heavy (non-hydrogen) atoms. The van der Waals surface area contributed by atoms with Crippen LogP contribution in [0.25, 0.3) is 11.5 Å². The van der Waals surface area contributed by atoms with Gasteiger partial charge in [-0.1, -0.05) is 5.10 Å². The molecule has 1 N–H and O–H groups in total. The van der Waals surface area contributed by atoms with Crippen LogP contribution in [0.2, 0.25) is 0 Å². The van der Waals surface area contributed by atoms with E-state index in [1.54, 1.807) is 43.5 Å². The summed E-state index contributed by atoms with van der Waals surface area (Å²) >= 11 is 0. The highest BCUT2D eigenvalue weighted by atomic mass is 16.6. The molecule has 0 fully saturated rings. The molecule has 0 unspecified atom stereocenters. The molecule has 1 aliphatic rings. The molecule has 0 saturated heterocycles. The monoisotopic (exact) mass is 383 g/mol. The Kier molecular flexibility index (Phi) is 4.71. The Morgan fingerprint density at radius 2 is 1.82 bits per heavy atom. The second-order valence-corrected chi connectivity index (χ2v) is 5.79. The Morgan fingerprint density at radius 3 is 2.61 bits per heavy atom. The number of fused-ring (bicyclic) bond motifs is 1. The van der Waals surface area contributed by atoms with Crippen LogP contribution < -0.4 is 24.3 Å². The third-order valence-corrected chi connectivity index (χ3v) is 4.09. The van der Waals surface area contributed by atoms with Crippen molar-refractivity contribution in [2.75, 3.05) is 32.8 Å². The van der Waals surface area contributed by atoms with Crippen molar-refractivity contribution in [3.05, 3.63) is 42.0 Å². The van der Waals surface area contributed by atoms with Crippen LogP contribution in [0.15, 0.2) is 40.8 Å². The third-order valence-electron chi connectivity index (χ3n) is 4.09. The van der Waals surface area contributed by atoms with E-state index >= 15 is 0 Å². The van der Waals surface area contributed by atoms with Crippen molar-refractivity contribution in [2.45, 2.75) is 0 Å². The topological polar surface area (TPSA) is 105 Å². The van der Waals surface area contributed by atoms with E-state index in [-0.39, 0.29) is 11.9 Å². The zero-order valence-electron chi connectivity index (χ0n) is 15.2. The Bertz CT molecular complexity index is 1020. The summed E-state index contributed by atoms with van der Waals surface area (Å²) in [6.45, 7) is 0.924. The summed E-state index contributed by atoms with van der Waals surface area (Å²) in [5.74, 6) is 2.06. The number of carbonyl (C=O) groups is 1. The quantitative estimate of drug-likeness (QED) is 0.717. The van der Waals surface area contributed by atoms with Crippen LogP contribution in [-0.2, 0) is 0 Å². The van der Waals surface area contributed by atoms with Crippen LogP contribution in [0.3, 0.4) is 0 Å². The van der Waals surface area contributed by atoms with Gasteiger partial charge in [0.25, 0.3) is 11.8 Å². The molecule has 0 radical (unpaired) electrons. The Labute approximate surface area is 160 Å². The van der Waals surface area contributed by atoms with Crippen LogP contribution in [-0.4, -0.2) is 43.5 Å². The molecule has 1 aliphatic heterocycles. The number of methoxy groups -OCH3 is 2. The molecule has 1 aromatic heterocycles. The highest BCUT2D eigenvalue weighted by Gasteiger charge is 2.18. The van der Waals surface area contributed by atoms with E-state index in [4.69, 9.17) is 23.4 Å². The number of anilines is 1. The lowest BCUT2D eigenvalue weighted by molar-refractivity contribution is 0.102. The van der Waals surface area contributed by atoms with E-state index in [1.807, 2.05) is 0 Å².